The highest BCUT2D eigenvalue weighted by atomic mass is 16.5. The van der Waals surface area contributed by atoms with Gasteiger partial charge in [0, 0.05) is 12.6 Å². The van der Waals surface area contributed by atoms with Gasteiger partial charge in [0.1, 0.15) is 0 Å². The SMILES string of the molecule is C#CCN(C)C/C=C/C(=O)OC. The molecule has 66 valence electrons. The van der Waals surface area contributed by atoms with Crippen molar-refractivity contribution in [2.75, 3.05) is 27.2 Å². The summed E-state index contributed by atoms with van der Waals surface area (Å²) in [6.45, 7) is 1.23. The van der Waals surface area contributed by atoms with Gasteiger partial charge in [-0.25, -0.2) is 4.79 Å². The van der Waals surface area contributed by atoms with Gasteiger partial charge in [-0.15, -0.1) is 6.42 Å². The molecule has 3 nitrogen and oxygen atoms in total. The number of hydrogen-bond acceptors (Lipinski definition) is 3. The van der Waals surface area contributed by atoms with Crippen LogP contribution in [0.3, 0.4) is 0 Å². The Kier molecular flexibility index (Phi) is 5.76. The second-order valence-electron chi connectivity index (χ2n) is 2.33. The van der Waals surface area contributed by atoms with Crippen molar-refractivity contribution in [2.24, 2.45) is 0 Å². The molecule has 0 radical (unpaired) electrons. The van der Waals surface area contributed by atoms with Gasteiger partial charge in [-0.1, -0.05) is 12.0 Å². The zero-order chi connectivity index (χ0) is 9.40. The first-order chi connectivity index (χ1) is 5.70. The van der Waals surface area contributed by atoms with E-state index in [1.165, 1.54) is 13.2 Å². The van der Waals surface area contributed by atoms with Crippen LogP contribution < -0.4 is 0 Å². The maximum Gasteiger partial charge on any atom is 0.330 e. The molecule has 0 heterocycles. The molecule has 3 heteroatoms. The molecule has 0 aliphatic carbocycles. The van der Waals surface area contributed by atoms with Crippen LogP contribution >= 0.6 is 0 Å². The molecule has 0 saturated carbocycles. The number of ether oxygens (including phenoxy) is 1. The summed E-state index contributed by atoms with van der Waals surface area (Å²) in [6.07, 6.45) is 8.17. The summed E-state index contributed by atoms with van der Waals surface area (Å²) in [5.74, 6) is 2.15. The third kappa shape index (κ3) is 5.51. The first-order valence-electron chi connectivity index (χ1n) is 3.57. The Hall–Kier alpha value is -1.27. The number of nitrogens with zero attached hydrogens (tertiary/aromatic N) is 1. The summed E-state index contributed by atoms with van der Waals surface area (Å²) >= 11 is 0. The summed E-state index contributed by atoms with van der Waals surface area (Å²) in [5, 5.41) is 0. The van der Waals surface area contributed by atoms with Crippen LogP contribution in [-0.4, -0.2) is 38.1 Å². The van der Waals surface area contributed by atoms with Gasteiger partial charge in [0.2, 0.25) is 0 Å². The maximum atomic E-state index is 10.6. The van der Waals surface area contributed by atoms with Crippen LogP contribution in [0.25, 0.3) is 0 Å². The van der Waals surface area contributed by atoms with Crippen molar-refractivity contribution in [3.63, 3.8) is 0 Å². The molecule has 0 spiro atoms. The molecule has 0 aromatic carbocycles. The van der Waals surface area contributed by atoms with Crippen molar-refractivity contribution in [2.45, 2.75) is 0 Å². The molecule has 0 fully saturated rings. The Morgan fingerprint density at radius 1 is 1.75 bits per heavy atom. The van der Waals surface area contributed by atoms with E-state index in [9.17, 15) is 4.79 Å². The van der Waals surface area contributed by atoms with Crippen LogP contribution in [0.4, 0.5) is 0 Å². The van der Waals surface area contributed by atoms with E-state index in [1.807, 2.05) is 11.9 Å². The number of methoxy groups -OCH3 is 1. The fourth-order valence-corrected chi connectivity index (χ4v) is 0.617. The Balaban J connectivity index is 3.61. The van der Waals surface area contributed by atoms with E-state index in [0.717, 1.165) is 0 Å². The number of rotatable bonds is 4. The van der Waals surface area contributed by atoms with Crippen molar-refractivity contribution < 1.29 is 9.53 Å². The van der Waals surface area contributed by atoms with Crippen LogP contribution in [0.2, 0.25) is 0 Å². The number of hydrogen-bond donors (Lipinski definition) is 0. The normalized spacial score (nSPS) is 10.2. The van der Waals surface area contributed by atoms with Crippen LogP contribution in [0.5, 0.6) is 0 Å². The van der Waals surface area contributed by atoms with Crippen molar-refractivity contribution in [3.8, 4) is 12.3 Å². The molecule has 0 atom stereocenters. The summed E-state index contributed by atoms with van der Waals surface area (Å²) < 4.78 is 4.41. The highest BCUT2D eigenvalue weighted by Crippen LogP contribution is 1.83. The van der Waals surface area contributed by atoms with E-state index in [4.69, 9.17) is 6.42 Å². The molecule has 12 heavy (non-hydrogen) atoms. The molecule has 0 amide bonds. The first-order valence-corrected chi connectivity index (χ1v) is 3.57. The predicted octanol–water partition coefficient (Wildman–Crippen LogP) is 0.281. The lowest BCUT2D eigenvalue weighted by molar-refractivity contribution is -0.134. The second-order valence-corrected chi connectivity index (χ2v) is 2.33. The summed E-state index contributed by atoms with van der Waals surface area (Å²) in [6, 6.07) is 0. The van der Waals surface area contributed by atoms with Crippen LogP contribution in [0, 0.1) is 12.3 Å². The fourth-order valence-electron chi connectivity index (χ4n) is 0.617. The lowest BCUT2D eigenvalue weighted by Gasteiger charge is -2.08. The summed E-state index contributed by atoms with van der Waals surface area (Å²) in [7, 11) is 3.22. The zero-order valence-electron chi connectivity index (χ0n) is 7.41. The van der Waals surface area contributed by atoms with Gasteiger partial charge in [-0.2, -0.15) is 0 Å². The zero-order valence-corrected chi connectivity index (χ0v) is 7.41. The lowest BCUT2D eigenvalue weighted by Crippen LogP contribution is -2.18. The number of esters is 1. The van der Waals surface area contributed by atoms with Crippen LogP contribution in [-0.2, 0) is 9.53 Å². The van der Waals surface area contributed by atoms with E-state index in [1.54, 1.807) is 6.08 Å². The van der Waals surface area contributed by atoms with Gasteiger partial charge < -0.3 is 4.74 Å². The monoisotopic (exact) mass is 167 g/mol. The Labute approximate surface area is 73.0 Å². The predicted molar refractivity (Wildman–Crippen MR) is 47.5 cm³/mol. The minimum Gasteiger partial charge on any atom is -0.466 e. The molecule has 0 bridgehead atoms. The smallest absolute Gasteiger partial charge is 0.330 e. The number of terminal acetylenes is 1. The van der Waals surface area contributed by atoms with Gasteiger partial charge in [0.05, 0.1) is 13.7 Å². The van der Waals surface area contributed by atoms with E-state index in [-0.39, 0.29) is 5.97 Å². The van der Waals surface area contributed by atoms with E-state index < -0.39 is 0 Å². The summed E-state index contributed by atoms with van der Waals surface area (Å²) in [5.41, 5.74) is 0. The van der Waals surface area contributed by atoms with Crippen molar-refractivity contribution >= 4 is 5.97 Å². The van der Waals surface area contributed by atoms with E-state index >= 15 is 0 Å². The Morgan fingerprint density at radius 2 is 2.42 bits per heavy atom. The largest absolute Gasteiger partial charge is 0.466 e. The average molecular weight is 167 g/mol. The minimum atomic E-state index is -0.343. The van der Waals surface area contributed by atoms with E-state index in [2.05, 4.69) is 10.7 Å². The van der Waals surface area contributed by atoms with Crippen molar-refractivity contribution in [1.82, 2.24) is 4.90 Å². The standard InChI is InChI=1S/C9H13NO2/c1-4-7-10(2)8-5-6-9(11)12-3/h1,5-6H,7-8H2,2-3H3/b6-5+. The number of carbonyl (C=O) groups is 1. The highest BCUT2D eigenvalue weighted by Gasteiger charge is 1.92. The van der Waals surface area contributed by atoms with Gasteiger partial charge in [-0.05, 0) is 7.05 Å². The van der Waals surface area contributed by atoms with Crippen LogP contribution in [0.1, 0.15) is 0 Å². The Bertz CT molecular complexity index is 203. The maximum absolute atomic E-state index is 10.6. The van der Waals surface area contributed by atoms with Gasteiger partial charge in [0.15, 0.2) is 0 Å². The van der Waals surface area contributed by atoms with Gasteiger partial charge >= 0.3 is 5.97 Å². The first kappa shape index (κ1) is 10.7. The number of carbonyl (C=O) groups excluding carboxylic acids is 1. The minimum absolute atomic E-state index is 0.343. The molecule has 0 aliphatic heterocycles. The molecule has 0 aromatic rings. The van der Waals surface area contributed by atoms with Crippen molar-refractivity contribution in [3.05, 3.63) is 12.2 Å². The average Bonchev–Trinajstić information content (AvgIpc) is 2.04. The third-order valence-corrected chi connectivity index (χ3v) is 1.23. The molecule has 0 saturated heterocycles. The fraction of sp³-hybridized carbons (Fsp3) is 0.444. The molecular weight excluding hydrogens is 154 g/mol. The molecule has 0 rings (SSSR count). The van der Waals surface area contributed by atoms with Crippen LogP contribution in [0.15, 0.2) is 12.2 Å². The Morgan fingerprint density at radius 3 is 2.92 bits per heavy atom. The molecule has 0 aromatic heterocycles. The highest BCUT2D eigenvalue weighted by molar-refractivity contribution is 5.81. The molecule has 0 unspecified atom stereocenters. The van der Waals surface area contributed by atoms with Crippen molar-refractivity contribution in [1.29, 1.82) is 0 Å². The molecular formula is C9H13NO2. The van der Waals surface area contributed by atoms with E-state index in [0.29, 0.717) is 13.1 Å². The second kappa shape index (κ2) is 6.44. The number of likely N-dealkylation sites (N-methyl/N-ethyl adjacent to an activating group) is 1. The topological polar surface area (TPSA) is 29.5 Å². The molecule has 0 N–H and O–H groups in total. The lowest BCUT2D eigenvalue weighted by atomic mass is 10.4. The molecule has 0 aliphatic rings. The third-order valence-electron chi connectivity index (χ3n) is 1.23. The summed E-state index contributed by atoms with van der Waals surface area (Å²) in [4.78, 5) is 12.5. The van der Waals surface area contributed by atoms with Gasteiger partial charge in [-0.3, -0.25) is 4.90 Å². The van der Waals surface area contributed by atoms with Gasteiger partial charge in [0.25, 0.3) is 0 Å². The quantitative estimate of drug-likeness (QED) is 0.342.